The van der Waals surface area contributed by atoms with Crippen LogP contribution in [-0.2, 0) is 13.0 Å². The van der Waals surface area contributed by atoms with Crippen molar-refractivity contribution in [1.82, 2.24) is 24.8 Å². The van der Waals surface area contributed by atoms with E-state index in [9.17, 15) is 5.26 Å². The van der Waals surface area contributed by atoms with E-state index >= 15 is 0 Å². The maximum Gasteiger partial charge on any atom is 0.244 e. The molecule has 4 aromatic rings. The van der Waals surface area contributed by atoms with Crippen LogP contribution in [0.25, 0.3) is 21.8 Å². The number of hydrogen-bond acceptors (Lipinski definition) is 7. The van der Waals surface area contributed by atoms with Crippen molar-refractivity contribution >= 4 is 27.6 Å². The molecule has 4 aliphatic heterocycles. The standard InChI is InChI=1S/C34H39N7O/c1-2-23-7-3-8-24-9-4-10-25(29(23)24)18-40-22-36-30-31(40)28(17-35)32(39-19-26-11-12-27(20-39)37-26)38-33(30)42-21-34-13-5-15-41(34)16-6-14-34/h3-4,7-10,22,26-27,37H,2,5-6,11-16,18-21H2,1H3/t26-,27+. The minimum atomic E-state index is 0.109. The SMILES string of the molecule is CCc1cccc2cccc(Cn3cnc4c(OCC56CCCN5CCC6)nc(N5C[C@H]6CC[C@@H](C5)N6)c(C#N)c43)c12. The molecule has 2 aromatic carbocycles. The number of nitriles is 1. The van der Waals surface area contributed by atoms with Crippen LogP contribution >= 0.6 is 0 Å². The highest BCUT2D eigenvalue weighted by Crippen LogP contribution is 2.41. The van der Waals surface area contributed by atoms with Crippen LogP contribution in [0.5, 0.6) is 5.88 Å². The van der Waals surface area contributed by atoms with Crippen molar-refractivity contribution in [3.63, 3.8) is 0 Å². The highest BCUT2D eigenvalue weighted by atomic mass is 16.5. The first-order valence-electron chi connectivity index (χ1n) is 15.8. The van der Waals surface area contributed by atoms with Crippen molar-refractivity contribution in [1.29, 1.82) is 5.26 Å². The summed E-state index contributed by atoms with van der Waals surface area (Å²) in [5.74, 6) is 1.32. The number of ether oxygens (including phenoxy) is 1. The smallest absolute Gasteiger partial charge is 0.244 e. The van der Waals surface area contributed by atoms with E-state index in [0.29, 0.717) is 42.2 Å². The van der Waals surface area contributed by atoms with Crippen molar-refractivity contribution in [3.8, 4) is 11.9 Å². The van der Waals surface area contributed by atoms with E-state index in [0.717, 1.165) is 43.9 Å². The highest BCUT2D eigenvalue weighted by Gasteiger charge is 2.45. The molecule has 2 aromatic heterocycles. The first kappa shape index (κ1) is 26.0. The predicted octanol–water partition coefficient (Wildman–Crippen LogP) is 5.01. The lowest BCUT2D eigenvalue weighted by Crippen LogP contribution is -2.51. The Bertz CT molecular complexity index is 1680. The van der Waals surface area contributed by atoms with E-state index in [1.165, 1.54) is 60.4 Å². The molecule has 8 rings (SSSR count). The maximum absolute atomic E-state index is 10.7. The third-order valence-electron chi connectivity index (χ3n) is 10.4. The van der Waals surface area contributed by atoms with Gasteiger partial charge in [-0.05, 0) is 79.9 Å². The van der Waals surface area contributed by atoms with E-state index in [1.54, 1.807) is 0 Å². The van der Waals surface area contributed by atoms with Gasteiger partial charge in [0.1, 0.15) is 18.2 Å². The second-order valence-corrected chi connectivity index (χ2v) is 12.8. The third-order valence-corrected chi connectivity index (χ3v) is 10.4. The number of fused-ring (bicyclic) bond motifs is 5. The second-order valence-electron chi connectivity index (χ2n) is 12.8. The summed E-state index contributed by atoms with van der Waals surface area (Å²) >= 11 is 0. The van der Waals surface area contributed by atoms with E-state index < -0.39 is 0 Å². The van der Waals surface area contributed by atoms with Crippen molar-refractivity contribution < 1.29 is 4.74 Å². The Morgan fingerprint density at radius 3 is 2.50 bits per heavy atom. The van der Waals surface area contributed by atoms with Gasteiger partial charge in [0.15, 0.2) is 11.3 Å². The number of pyridine rings is 1. The molecule has 0 saturated carbocycles. The quantitative estimate of drug-likeness (QED) is 0.340. The lowest BCUT2D eigenvalue weighted by atomic mass is 9.95. The van der Waals surface area contributed by atoms with Crippen LogP contribution in [0.3, 0.4) is 0 Å². The minimum absolute atomic E-state index is 0.109. The average Bonchev–Trinajstić information content (AvgIpc) is 3.79. The Morgan fingerprint density at radius 1 is 1.05 bits per heavy atom. The molecule has 42 heavy (non-hydrogen) atoms. The van der Waals surface area contributed by atoms with Gasteiger partial charge in [0, 0.05) is 31.7 Å². The maximum atomic E-state index is 10.7. The molecule has 4 aliphatic rings. The first-order valence-corrected chi connectivity index (χ1v) is 15.8. The molecule has 216 valence electrons. The molecule has 4 fully saturated rings. The van der Waals surface area contributed by atoms with Crippen molar-refractivity contribution in [3.05, 3.63) is 59.4 Å². The molecule has 4 saturated heterocycles. The number of aromatic nitrogens is 3. The van der Waals surface area contributed by atoms with E-state index in [2.05, 4.69) is 69.1 Å². The Hall–Kier alpha value is -3.67. The largest absolute Gasteiger partial charge is 0.474 e. The summed E-state index contributed by atoms with van der Waals surface area (Å²) < 4.78 is 8.85. The molecular formula is C34H39N7O. The molecule has 0 unspecified atom stereocenters. The lowest BCUT2D eigenvalue weighted by molar-refractivity contribution is 0.112. The fraction of sp³-hybridized carbons (Fsp3) is 0.500. The minimum Gasteiger partial charge on any atom is -0.474 e. The summed E-state index contributed by atoms with van der Waals surface area (Å²) in [6, 6.07) is 16.5. The number of nitrogens with one attached hydrogen (secondary N) is 1. The van der Waals surface area contributed by atoms with Crippen LogP contribution < -0.4 is 15.0 Å². The summed E-state index contributed by atoms with van der Waals surface area (Å²) in [7, 11) is 0. The molecule has 8 nitrogen and oxygen atoms in total. The summed E-state index contributed by atoms with van der Waals surface area (Å²) in [5.41, 5.74) is 4.82. The van der Waals surface area contributed by atoms with Gasteiger partial charge in [-0.15, -0.1) is 0 Å². The second kappa shape index (κ2) is 10.3. The third kappa shape index (κ3) is 4.17. The van der Waals surface area contributed by atoms with E-state index in [-0.39, 0.29) is 5.54 Å². The molecule has 2 atom stereocenters. The van der Waals surface area contributed by atoms with Gasteiger partial charge in [0.25, 0.3) is 0 Å². The number of aryl methyl sites for hydroxylation is 1. The van der Waals surface area contributed by atoms with Crippen LogP contribution in [0.2, 0.25) is 0 Å². The van der Waals surface area contributed by atoms with E-state index in [1.807, 2.05) is 6.33 Å². The summed E-state index contributed by atoms with van der Waals surface area (Å²) in [5, 5.41) is 16.9. The van der Waals surface area contributed by atoms with Crippen molar-refractivity contribution in [2.75, 3.05) is 37.7 Å². The molecule has 2 bridgehead atoms. The number of benzene rings is 2. The number of nitrogens with zero attached hydrogens (tertiary/aromatic N) is 6. The summed E-state index contributed by atoms with van der Waals surface area (Å²) in [6.45, 7) is 7.51. The van der Waals surface area contributed by atoms with Crippen LogP contribution in [0.15, 0.2) is 42.7 Å². The van der Waals surface area contributed by atoms with Crippen molar-refractivity contribution in [2.45, 2.75) is 76.0 Å². The zero-order valence-corrected chi connectivity index (χ0v) is 24.5. The Kier molecular flexibility index (Phi) is 6.34. The van der Waals surface area contributed by atoms with Gasteiger partial charge < -0.3 is 19.5 Å². The molecule has 0 amide bonds. The van der Waals surface area contributed by atoms with Crippen LogP contribution in [0, 0.1) is 11.3 Å². The molecule has 0 radical (unpaired) electrons. The molecule has 6 heterocycles. The monoisotopic (exact) mass is 561 g/mol. The van der Waals surface area contributed by atoms with Gasteiger partial charge in [-0.25, -0.2) is 4.98 Å². The topological polar surface area (TPSA) is 82.2 Å². The number of rotatable bonds is 7. The molecule has 0 spiro atoms. The normalized spacial score (nSPS) is 23.1. The van der Waals surface area contributed by atoms with Crippen LogP contribution in [0.4, 0.5) is 5.82 Å². The van der Waals surface area contributed by atoms with Gasteiger partial charge in [0.2, 0.25) is 5.88 Å². The van der Waals surface area contributed by atoms with Gasteiger partial charge in [-0.1, -0.05) is 43.3 Å². The number of anilines is 1. The Morgan fingerprint density at radius 2 is 1.79 bits per heavy atom. The van der Waals surface area contributed by atoms with Gasteiger partial charge in [-0.2, -0.15) is 10.2 Å². The molecule has 1 N–H and O–H groups in total. The van der Waals surface area contributed by atoms with Crippen LogP contribution in [0.1, 0.15) is 62.1 Å². The summed E-state index contributed by atoms with van der Waals surface area (Å²) in [6.07, 6.45) is 10.0. The van der Waals surface area contributed by atoms with Gasteiger partial charge in [0.05, 0.1) is 17.4 Å². The number of imidazole rings is 1. The summed E-state index contributed by atoms with van der Waals surface area (Å²) in [4.78, 5) is 14.9. The molecular weight excluding hydrogens is 522 g/mol. The lowest BCUT2D eigenvalue weighted by Gasteiger charge is -2.35. The zero-order valence-electron chi connectivity index (χ0n) is 24.5. The van der Waals surface area contributed by atoms with Gasteiger partial charge in [-0.3, -0.25) is 4.90 Å². The average molecular weight is 562 g/mol. The molecule has 8 heteroatoms. The zero-order chi connectivity index (χ0) is 28.3. The Labute approximate surface area is 247 Å². The first-order chi connectivity index (χ1) is 20.7. The fourth-order valence-corrected chi connectivity index (χ4v) is 8.41. The number of piperazine rings is 1. The highest BCUT2D eigenvalue weighted by molar-refractivity contribution is 5.91. The van der Waals surface area contributed by atoms with Crippen LogP contribution in [-0.4, -0.2) is 69.8 Å². The fourth-order valence-electron chi connectivity index (χ4n) is 8.41. The Balaban J connectivity index is 1.25. The number of hydrogen-bond donors (Lipinski definition) is 1. The predicted molar refractivity (Wildman–Crippen MR) is 165 cm³/mol. The van der Waals surface area contributed by atoms with Crippen molar-refractivity contribution in [2.24, 2.45) is 0 Å². The van der Waals surface area contributed by atoms with Gasteiger partial charge >= 0.3 is 0 Å². The van der Waals surface area contributed by atoms with E-state index in [4.69, 9.17) is 14.7 Å². The molecule has 0 aliphatic carbocycles.